The average molecular weight is 472 g/mol. The minimum Gasteiger partial charge on any atom is -0.382 e. The van der Waals surface area contributed by atoms with Gasteiger partial charge in [0.2, 0.25) is 5.91 Å². The number of nitrogen functional groups attached to an aromatic ring is 1. The highest BCUT2D eigenvalue weighted by atomic mass is 16.5. The van der Waals surface area contributed by atoms with Gasteiger partial charge in [-0.05, 0) is 24.1 Å². The zero-order valence-electron chi connectivity index (χ0n) is 19.8. The number of hydrogen-bond donors (Lipinski definition) is 2. The molecule has 0 aliphatic heterocycles. The summed E-state index contributed by atoms with van der Waals surface area (Å²) in [6, 6.07) is 16.1. The molecule has 0 fully saturated rings. The van der Waals surface area contributed by atoms with Crippen molar-refractivity contribution < 1.29 is 14.3 Å². The quantitative estimate of drug-likeness (QED) is 0.257. The van der Waals surface area contributed by atoms with Crippen LogP contribution in [-0.2, 0) is 34.0 Å². The maximum absolute atomic E-state index is 12.0. The van der Waals surface area contributed by atoms with Crippen LogP contribution in [0.3, 0.4) is 0 Å². The SMILES string of the molecule is C#CCOCCC(=O)NCc1ccc(Cn2c(COCC)nc3c(N)nc4ccccc4c32)cc1. The molecule has 2 aromatic carbocycles. The molecule has 2 aromatic heterocycles. The van der Waals surface area contributed by atoms with Crippen molar-refractivity contribution in [3.63, 3.8) is 0 Å². The Morgan fingerprint density at radius 3 is 2.66 bits per heavy atom. The number of pyridine rings is 1. The summed E-state index contributed by atoms with van der Waals surface area (Å²) in [6.07, 6.45) is 5.41. The van der Waals surface area contributed by atoms with Gasteiger partial charge in [-0.2, -0.15) is 0 Å². The standard InChI is InChI=1S/C27H29N5O3/c1-3-14-35-15-13-24(33)29-16-19-9-11-20(12-10-19)17-32-23(18-34-4-2)31-25-26(32)21-7-5-6-8-22(21)30-27(25)28/h1,5-12H,4,13-18H2,2H3,(H2,28,30)(H,29,33). The van der Waals surface area contributed by atoms with Crippen molar-refractivity contribution in [1.29, 1.82) is 0 Å². The molecule has 1 amide bonds. The number of terminal acetylenes is 1. The van der Waals surface area contributed by atoms with E-state index < -0.39 is 0 Å². The molecule has 0 atom stereocenters. The summed E-state index contributed by atoms with van der Waals surface area (Å²) in [7, 11) is 0. The molecule has 35 heavy (non-hydrogen) atoms. The van der Waals surface area contributed by atoms with Crippen LogP contribution in [0.15, 0.2) is 48.5 Å². The van der Waals surface area contributed by atoms with Gasteiger partial charge in [-0.15, -0.1) is 6.42 Å². The van der Waals surface area contributed by atoms with E-state index in [0.717, 1.165) is 33.4 Å². The van der Waals surface area contributed by atoms with Crippen LogP contribution in [0.2, 0.25) is 0 Å². The Morgan fingerprint density at radius 1 is 1.11 bits per heavy atom. The van der Waals surface area contributed by atoms with E-state index in [1.807, 2.05) is 43.3 Å². The molecule has 180 valence electrons. The second-order valence-electron chi connectivity index (χ2n) is 8.06. The van der Waals surface area contributed by atoms with Gasteiger partial charge in [0.05, 0.1) is 24.1 Å². The van der Waals surface area contributed by atoms with Crippen molar-refractivity contribution in [2.24, 2.45) is 0 Å². The first-order valence-electron chi connectivity index (χ1n) is 11.6. The van der Waals surface area contributed by atoms with E-state index in [1.54, 1.807) is 0 Å². The lowest BCUT2D eigenvalue weighted by Crippen LogP contribution is -2.23. The number of rotatable bonds is 11. The Morgan fingerprint density at radius 2 is 1.89 bits per heavy atom. The summed E-state index contributed by atoms with van der Waals surface area (Å²) in [5.74, 6) is 3.51. The normalized spacial score (nSPS) is 11.1. The number of amides is 1. The number of anilines is 1. The molecule has 0 spiro atoms. The second kappa shape index (κ2) is 11.5. The summed E-state index contributed by atoms with van der Waals surface area (Å²) >= 11 is 0. The summed E-state index contributed by atoms with van der Waals surface area (Å²) in [5, 5.41) is 3.90. The number of imidazole rings is 1. The van der Waals surface area contributed by atoms with E-state index in [0.29, 0.717) is 44.2 Å². The number of nitrogens with two attached hydrogens (primary N) is 1. The molecule has 0 saturated carbocycles. The van der Waals surface area contributed by atoms with Gasteiger partial charge in [-0.1, -0.05) is 48.4 Å². The smallest absolute Gasteiger partial charge is 0.222 e. The monoisotopic (exact) mass is 471 g/mol. The Bertz CT molecular complexity index is 1360. The average Bonchev–Trinajstić information content (AvgIpc) is 3.24. The van der Waals surface area contributed by atoms with Crippen LogP contribution in [0, 0.1) is 12.3 Å². The van der Waals surface area contributed by atoms with Crippen LogP contribution in [0.4, 0.5) is 5.82 Å². The van der Waals surface area contributed by atoms with Gasteiger partial charge in [0.15, 0.2) is 5.82 Å². The summed E-state index contributed by atoms with van der Waals surface area (Å²) < 4.78 is 13.0. The van der Waals surface area contributed by atoms with E-state index in [9.17, 15) is 4.79 Å². The molecule has 0 saturated heterocycles. The maximum atomic E-state index is 12.0. The first-order valence-corrected chi connectivity index (χ1v) is 11.6. The number of carbonyl (C=O) groups excluding carboxylic acids is 1. The van der Waals surface area contributed by atoms with E-state index in [1.165, 1.54) is 0 Å². The zero-order valence-corrected chi connectivity index (χ0v) is 19.8. The molecule has 0 bridgehead atoms. The highest BCUT2D eigenvalue weighted by Crippen LogP contribution is 2.29. The molecule has 8 nitrogen and oxygen atoms in total. The molecule has 0 aliphatic rings. The van der Waals surface area contributed by atoms with Crippen molar-refractivity contribution >= 4 is 33.7 Å². The van der Waals surface area contributed by atoms with Crippen LogP contribution >= 0.6 is 0 Å². The molecule has 0 aliphatic carbocycles. The van der Waals surface area contributed by atoms with E-state index in [4.69, 9.17) is 26.6 Å². The third-order valence-electron chi connectivity index (χ3n) is 5.64. The van der Waals surface area contributed by atoms with Gasteiger partial charge >= 0.3 is 0 Å². The van der Waals surface area contributed by atoms with Crippen LogP contribution in [-0.4, -0.2) is 40.3 Å². The zero-order chi connectivity index (χ0) is 24.6. The first kappa shape index (κ1) is 24.2. The van der Waals surface area contributed by atoms with Crippen molar-refractivity contribution in [3.05, 3.63) is 65.5 Å². The van der Waals surface area contributed by atoms with Crippen LogP contribution < -0.4 is 11.1 Å². The van der Waals surface area contributed by atoms with Crippen molar-refractivity contribution in [1.82, 2.24) is 19.9 Å². The number of benzene rings is 2. The van der Waals surface area contributed by atoms with Gasteiger partial charge in [0, 0.05) is 25.1 Å². The largest absolute Gasteiger partial charge is 0.382 e. The van der Waals surface area contributed by atoms with E-state index in [-0.39, 0.29) is 18.9 Å². The lowest BCUT2D eigenvalue weighted by molar-refractivity contribution is -0.122. The molecular weight excluding hydrogens is 442 g/mol. The topological polar surface area (TPSA) is 104 Å². The minimum absolute atomic E-state index is 0.0744. The van der Waals surface area contributed by atoms with Crippen molar-refractivity contribution in [3.8, 4) is 12.3 Å². The number of aromatic nitrogens is 3. The number of nitrogens with one attached hydrogen (secondary N) is 1. The van der Waals surface area contributed by atoms with Crippen molar-refractivity contribution in [2.45, 2.75) is 33.0 Å². The predicted molar refractivity (Wildman–Crippen MR) is 136 cm³/mol. The fraction of sp³-hybridized carbons (Fsp3) is 0.296. The second-order valence-corrected chi connectivity index (χ2v) is 8.06. The molecule has 3 N–H and O–H groups in total. The first-order chi connectivity index (χ1) is 17.1. The number of para-hydroxylation sites is 1. The Labute approximate surface area is 204 Å². The number of hydrogen-bond acceptors (Lipinski definition) is 6. The van der Waals surface area contributed by atoms with Gasteiger partial charge in [0.25, 0.3) is 0 Å². The van der Waals surface area contributed by atoms with Gasteiger partial charge in [-0.3, -0.25) is 4.79 Å². The van der Waals surface area contributed by atoms with Crippen molar-refractivity contribution in [2.75, 3.05) is 25.6 Å². The van der Waals surface area contributed by atoms with Crippen LogP contribution in [0.1, 0.15) is 30.3 Å². The van der Waals surface area contributed by atoms with E-state index in [2.05, 4.69) is 32.9 Å². The molecule has 0 radical (unpaired) electrons. The maximum Gasteiger partial charge on any atom is 0.222 e. The lowest BCUT2D eigenvalue weighted by Gasteiger charge is -2.12. The summed E-state index contributed by atoms with van der Waals surface area (Å²) in [4.78, 5) is 21.3. The third-order valence-corrected chi connectivity index (χ3v) is 5.64. The van der Waals surface area contributed by atoms with Crippen LogP contribution in [0.25, 0.3) is 21.9 Å². The molecule has 0 unspecified atom stereocenters. The number of fused-ring (bicyclic) bond motifs is 3. The molecular formula is C27H29N5O3. The molecule has 8 heteroatoms. The molecule has 4 aromatic rings. The van der Waals surface area contributed by atoms with Gasteiger partial charge in [-0.25, -0.2) is 9.97 Å². The molecule has 4 rings (SSSR count). The Balaban J connectivity index is 1.54. The number of ether oxygens (including phenoxy) is 2. The fourth-order valence-corrected chi connectivity index (χ4v) is 3.91. The predicted octanol–water partition coefficient (Wildman–Crippen LogP) is 3.41. The lowest BCUT2D eigenvalue weighted by atomic mass is 10.1. The van der Waals surface area contributed by atoms with E-state index >= 15 is 0 Å². The molecule has 2 heterocycles. The highest BCUT2D eigenvalue weighted by molar-refractivity contribution is 6.06. The number of carbonyl (C=O) groups is 1. The van der Waals surface area contributed by atoms with Crippen LogP contribution in [0.5, 0.6) is 0 Å². The Hall–Kier alpha value is -3.93. The number of nitrogens with zero attached hydrogens (tertiary/aromatic N) is 3. The van der Waals surface area contributed by atoms with Gasteiger partial charge < -0.3 is 25.1 Å². The highest BCUT2D eigenvalue weighted by Gasteiger charge is 2.17. The summed E-state index contributed by atoms with van der Waals surface area (Å²) in [6.45, 7) is 4.51. The Kier molecular flexibility index (Phi) is 7.93. The van der Waals surface area contributed by atoms with Gasteiger partial charge in [0.1, 0.15) is 24.6 Å². The fourth-order valence-electron chi connectivity index (χ4n) is 3.91. The minimum atomic E-state index is -0.0744. The third kappa shape index (κ3) is 5.77. The summed E-state index contributed by atoms with van der Waals surface area (Å²) in [5.41, 5.74) is 10.8.